The fraction of sp³-hybridized carbons (Fsp3) is 0.750. The molecule has 1 aromatic rings. The van der Waals surface area contributed by atoms with E-state index in [1.165, 1.54) is 57.8 Å². The topological polar surface area (TPSA) is 63.2 Å². The van der Waals surface area contributed by atoms with Crippen LogP contribution in [0.2, 0.25) is 0 Å². The lowest BCUT2D eigenvalue weighted by molar-refractivity contribution is -0.113. The molecule has 0 aliphatic heterocycles. The van der Waals surface area contributed by atoms with Crippen molar-refractivity contribution in [3.05, 3.63) is 29.3 Å². The summed E-state index contributed by atoms with van der Waals surface area (Å²) in [6.45, 7) is 10.6. The van der Waals surface area contributed by atoms with Gasteiger partial charge in [-0.25, -0.2) is 8.42 Å². The van der Waals surface area contributed by atoms with Crippen LogP contribution in [-0.4, -0.2) is 25.8 Å². The summed E-state index contributed by atoms with van der Waals surface area (Å²) in [4.78, 5) is 12.6. The van der Waals surface area contributed by atoms with Gasteiger partial charge in [0.1, 0.15) is 5.75 Å². The summed E-state index contributed by atoms with van der Waals surface area (Å²) < 4.78 is 25.0. The summed E-state index contributed by atoms with van der Waals surface area (Å²) in [5.41, 5.74) is 2.88. The first kappa shape index (κ1) is 29.7. The van der Waals surface area contributed by atoms with Gasteiger partial charge in [0.25, 0.3) is 0 Å². The zero-order valence-electron chi connectivity index (χ0n) is 21.9. The number of amides is 1. The number of unbranched alkanes of at least 4 members (excludes halogenated alkanes) is 11. The SMILES string of the molecule is CCCCCCCCCCCCCCS(=O)(=O)CC(=O)Nc1c(C(C)C)cccc1C(C)C. The van der Waals surface area contributed by atoms with Gasteiger partial charge in [-0.15, -0.1) is 0 Å². The van der Waals surface area contributed by atoms with Crippen LogP contribution in [0.5, 0.6) is 0 Å². The molecule has 1 N–H and O–H groups in total. The third-order valence-corrected chi connectivity index (χ3v) is 7.91. The summed E-state index contributed by atoms with van der Waals surface area (Å²) in [5, 5.41) is 2.93. The van der Waals surface area contributed by atoms with E-state index in [1.54, 1.807) is 0 Å². The summed E-state index contributed by atoms with van der Waals surface area (Å²) in [6, 6.07) is 6.02. The number of benzene rings is 1. The van der Waals surface area contributed by atoms with E-state index in [0.29, 0.717) is 6.42 Å². The molecule has 0 bridgehead atoms. The Hall–Kier alpha value is -1.36. The van der Waals surface area contributed by atoms with Gasteiger partial charge in [-0.3, -0.25) is 4.79 Å². The Morgan fingerprint density at radius 2 is 1.18 bits per heavy atom. The third-order valence-electron chi connectivity index (χ3n) is 6.30. The van der Waals surface area contributed by atoms with E-state index in [-0.39, 0.29) is 17.6 Å². The smallest absolute Gasteiger partial charge is 0.239 e. The van der Waals surface area contributed by atoms with Crippen LogP contribution in [0.3, 0.4) is 0 Å². The van der Waals surface area contributed by atoms with Gasteiger partial charge in [0.15, 0.2) is 9.84 Å². The molecule has 1 amide bonds. The molecular weight excluding hydrogens is 430 g/mol. The van der Waals surface area contributed by atoms with Crippen LogP contribution in [0, 0.1) is 0 Å². The van der Waals surface area contributed by atoms with E-state index in [2.05, 4.69) is 39.9 Å². The zero-order chi connectivity index (χ0) is 24.7. The summed E-state index contributed by atoms with van der Waals surface area (Å²) in [6.07, 6.45) is 14.4. The highest BCUT2D eigenvalue weighted by molar-refractivity contribution is 7.92. The Bertz CT molecular complexity index is 758. The Balaban J connectivity index is 2.34. The molecule has 1 rings (SSSR count). The lowest BCUT2D eigenvalue weighted by Gasteiger charge is -2.20. The van der Waals surface area contributed by atoms with Crippen LogP contribution < -0.4 is 5.32 Å². The van der Waals surface area contributed by atoms with Gasteiger partial charge >= 0.3 is 0 Å². The van der Waals surface area contributed by atoms with Crippen LogP contribution in [0.15, 0.2) is 18.2 Å². The first-order valence-corrected chi connectivity index (χ1v) is 15.1. The highest BCUT2D eigenvalue weighted by atomic mass is 32.2. The van der Waals surface area contributed by atoms with Gasteiger partial charge < -0.3 is 5.32 Å². The standard InChI is InChI=1S/C28H49NO3S/c1-6-7-8-9-10-11-12-13-14-15-16-17-21-33(31,32)22-27(30)29-28-25(23(2)3)19-18-20-26(28)24(4)5/h18-20,23-24H,6-17,21-22H2,1-5H3,(H,29,30). The molecule has 0 atom stereocenters. The molecule has 0 saturated carbocycles. The van der Waals surface area contributed by atoms with E-state index < -0.39 is 21.5 Å². The number of para-hydroxylation sites is 1. The average molecular weight is 480 g/mol. The lowest BCUT2D eigenvalue weighted by atomic mass is 9.92. The van der Waals surface area contributed by atoms with Crippen molar-refractivity contribution in [3.63, 3.8) is 0 Å². The Kier molecular flexibility index (Phi) is 14.7. The number of hydrogen-bond donors (Lipinski definition) is 1. The van der Waals surface area contributed by atoms with Crippen LogP contribution in [0.1, 0.15) is 135 Å². The van der Waals surface area contributed by atoms with Crippen molar-refractivity contribution >= 4 is 21.4 Å². The largest absolute Gasteiger partial charge is 0.325 e. The molecule has 4 nitrogen and oxygen atoms in total. The minimum absolute atomic E-state index is 0.0979. The number of sulfone groups is 1. The van der Waals surface area contributed by atoms with Crippen LogP contribution in [0.4, 0.5) is 5.69 Å². The van der Waals surface area contributed by atoms with Crippen LogP contribution >= 0.6 is 0 Å². The van der Waals surface area contributed by atoms with E-state index in [1.807, 2.05) is 18.2 Å². The number of anilines is 1. The molecule has 0 aliphatic carbocycles. The van der Waals surface area contributed by atoms with Gasteiger partial charge in [0.05, 0.1) is 5.75 Å². The molecule has 0 aromatic heterocycles. The van der Waals surface area contributed by atoms with Crippen LogP contribution in [-0.2, 0) is 14.6 Å². The molecule has 0 radical (unpaired) electrons. The number of carbonyl (C=O) groups excluding carboxylic acids is 1. The van der Waals surface area contributed by atoms with E-state index >= 15 is 0 Å². The molecular formula is C28H49NO3S. The maximum atomic E-state index is 12.6. The fourth-order valence-corrected chi connectivity index (χ4v) is 5.57. The van der Waals surface area contributed by atoms with Crippen molar-refractivity contribution in [1.29, 1.82) is 0 Å². The monoisotopic (exact) mass is 479 g/mol. The molecule has 1 aromatic carbocycles. The van der Waals surface area contributed by atoms with Crippen molar-refractivity contribution in [3.8, 4) is 0 Å². The average Bonchev–Trinajstić information content (AvgIpc) is 2.73. The van der Waals surface area contributed by atoms with Gasteiger partial charge in [0, 0.05) is 5.69 Å². The second-order valence-corrected chi connectivity index (χ2v) is 12.3. The quantitative estimate of drug-likeness (QED) is 0.217. The van der Waals surface area contributed by atoms with Crippen LogP contribution in [0.25, 0.3) is 0 Å². The minimum Gasteiger partial charge on any atom is -0.325 e. The fourth-order valence-electron chi connectivity index (χ4n) is 4.31. The molecule has 0 spiro atoms. The van der Waals surface area contributed by atoms with Gasteiger partial charge in [-0.05, 0) is 29.4 Å². The van der Waals surface area contributed by atoms with E-state index in [4.69, 9.17) is 0 Å². The maximum absolute atomic E-state index is 12.6. The summed E-state index contributed by atoms with van der Waals surface area (Å²) >= 11 is 0. The maximum Gasteiger partial charge on any atom is 0.239 e. The van der Waals surface area contributed by atoms with Crippen molar-refractivity contribution in [1.82, 2.24) is 0 Å². The van der Waals surface area contributed by atoms with Crippen molar-refractivity contribution in [2.24, 2.45) is 0 Å². The van der Waals surface area contributed by atoms with E-state index in [0.717, 1.165) is 29.7 Å². The molecule has 0 aliphatic rings. The molecule has 190 valence electrons. The predicted octanol–water partition coefficient (Wildman–Crippen LogP) is 7.99. The van der Waals surface area contributed by atoms with Crippen molar-refractivity contribution in [2.45, 2.75) is 124 Å². The Morgan fingerprint density at radius 1 is 0.758 bits per heavy atom. The van der Waals surface area contributed by atoms with Crippen molar-refractivity contribution < 1.29 is 13.2 Å². The van der Waals surface area contributed by atoms with Gasteiger partial charge in [0.2, 0.25) is 5.91 Å². The normalized spacial score (nSPS) is 12.0. The Morgan fingerprint density at radius 3 is 1.61 bits per heavy atom. The van der Waals surface area contributed by atoms with Crippen molar-refractivity contribution in [2.75, 3.05) is 16.8 Å². The minimum atomic E-state index is -3.39. The molecule has 33 heavy (non-hydrogen) atoms. The lowest BCUT2D eigenvalue weighted by Crippen LogP contribution is -2.26. The van der Waals surface area contributed by atoms with Gasteiger partial charge in [-0.1, -0.05) is 123 Å². The second kappa shape index (κ2) is 16.3. The molecule has 5 heteroatoms. The first-order valence-electron chi connectivity index (χ1n) is 13.3. The molecule has 0 unspecified atom stereocenters. The number of hydrogen-bond acceptors (Lipinski definition) is 3. The highest BCUT2D eigenvalue weighted by Gasteiger charge is 2.20. The third kappa shape index (κ3) is 12.6. The van der Waals surface area contributed by atoms with Gasteiger partial charge in [-0.2, -0.15) is 0 Å². The van der Waals surface area contributed by atoms with E-state index in [9.17, 15) is 13.2 Å². The molecule has 0 heterocycles. The summed E-state index contributed by atoms with van der Waals surface area (Å²) in [5.74, 6) is -0.271. The zero-order valence-corrected chi connectivity index (χ0v) is 22.7. The summed E-state index contributed by atoms with van der Waals surface area (Å²) in [7, 11) is -3.39. The number of nitrogens with one attached hydrogen (secondary N) is 1. The Labute approximate surface area is 204 Å². The number of rotatable bonds is 18. The molecule has 0 fully saturated rings. The molecule has 0 saturated heterocycles. The highest BCUT2D eigenvalue weighted by Crippen LogP contribution is 2.32. The first-order chi connectivity index (χ1) is 15.7. The predicted molar refractivity (Wildman–Crippen MR) is 143 cm³/mol. The number of carbonyl (C=O) groups is 1. The second-order valence-electron chi connectivity index (χ2n) is 10.2.